The molecule has 0 amide bonds. The van der Waals surface area contributed by atoms with Gasteiger partial charge in [0.15, 0.2) is 12.4 Å². The molecule has 0 N–H and O–H groups in total. The van der Waals surface area contributed by atoms with Crippen molar-refractivity contribution in [3.8, 4) is 5.75 Å². The highest BCUT2D eigenvalue weighted by Crippen LogP contribution is 2.21. The third-order valence-corrected chi connectivity index (χ3v) is 2.79. The van der Waals surface area contributed by atoms with Crippen LogP contribution in [0, 0.1) is 6.92 Å². The van der Waals surface area contributed by atoms with Crippen molar-refractivity contribution < 1.29 is 18.8 Å². The summed E-state index contributed by atoms with van der Waals surface area (Å²) in [6.45, 7) is 4.00. The van der Waals surface area contributed by atoms with Crippen LogP contribution in [-0.2, 0) is 17.8 Å². The number of benzene rings is 1. The van der Waals surface area contributed by atoms with E-state index in [2.05, 4.69) is 14.9 Å². The second-order valence-corrected chi connectivity index (χ2v) is 4.22. The summed E-state index contributed by atoms with van der Waals surface area (Å²) in [5.74, 6) is 1.23. The molecule has 0 fully saturated rings. The number of aromatic nitrogens is 2. The third kappa shape index (κ3) is 3.14. The largest absolute Gasteiger partial charge is 0.483 e. The number of ether oxygens (including phenoxy) is 2. The third-order valence-electron chi connectivity index (χ3n) is 2.79. The van der Waals surface area contributed by atoms with Crippen LogP contribution in [0.1, 0.15) is 34.6 Å². The Kier molecular flexibility index (Phi) is 4.34. The molecule has 0 bridgehead atoms. The SMILES string of the molecule is CCc1noc(COc2cc(C(=O)OC)ccc2C)n1. The van der Waals surface area contributed by atoms with Gasteiger partial charge in [-0.2, -0.15) is 4.98 Å². The molecule has 106 valence electrons. The maximum atomic E-state index is 11.5. The van der Waals surface area contributed by atoms with Crippen LogP contribution >= 0.6 is 0 Å². The van der Waals surface area contributed by atoms with Crippen LogP contribution in [0.15, 0.2) is 22.7 Å². The van der Waals surface area contributed by atoms with Crippen LogP contribution < -0.4 is 4.74 Å². The summed E-state index contributed by atoms with van der Waals surface area (Å²) in [6.07, 6.45) is 0.709. The van der Waals surface area contributed by atoms with Crippen molar-refractivity contribution in [2.45, 2.75) is 26.9 Å². The van der Waals surface area contributed by atoms with Crippen LogP contribution in [0.5, 0.6) is 5.75 Å². The molecule has 6 nitrogen and oxygen atoms in total. The predicted molar refractivity (Wildman–Crippen MR) is 70.5 cm³/mol. The van der Waals surface area contributed by atoms with Crippen molar-refractivity contribution >= 4 is 5.97 Å². The maximum Gasteiger partial charge on any atom is 0.337 e. The van der Waals surface area contributed by atoms with E-state index in [1.807, 2.05) is 13.8 Å². The normalized spacial score (nSPS) is 10.3. The Bertz CT molecular complexity index is 607. The van der Waals surface area contributed by atoms with E-state index in [4.69, 9.17) is 9.26 Å². The predicted octanol–water partition coefficient (Wildman–Crippen LogP) is 2.31. The maximum absolute atomic E-state index is 11.5. The van der Waals surface area contributed by atoms with E-state index in [-0.39, 0.29) is 6.61 Å². The summed E-state index contributed by atoms with van der Waals surface area (Å²) in [6, 6.07) is 5.13. The van der Waals surface area contributed by atoms with Gasteiger partial charge in [0.25, 0.3) is 5.89 Å². The van der Waals surface area contributed by atoms with Crippen molar-refractivity contribution in [2.24, 2.45) is 0 Å². The number of aryl methyl sites for hydroxylation is 2. The molecular weight excluding hydrogens is 260 g/mol. The smallest absolute Gasteiger partial charge is 0.337 e. The van der Waals surface area contributed by atoms with Gasteiger partial charge in [-0.05, 0) is 24.6 Å². The summed E-state index contributed by atoms with van der Waals surface area (Å²) in [7, 11) is 1.34. The molecule has 1 aromatic carbocycles. The van der Waals surface area contributed by atoms with Gasteiger partial charge in [0, 0.05) is 6.42 Å². The molecule has 0 aliphatic heterocycles. The quantitative estimate of drug-likeness (QED) is 0.780. The van der Waals surface area contributed by atoms with Crippen LogP contribution in [0.2, 0.25) is 0 Å². The van der Waals surface area contributed by atoms with Gasteiger partial charge < -0.3 is 14.0 Å². The second kappa shape index (κ2) is 6.18. The fourth-order valence-electron chi connectivity index (χ4n) is 1.63. The Morgan fingerprint density at radius 3 is 2.85 bits per heavy atom. The molecule has 20 heavy (non-hydrogen) atoms. The van der Waals surface area contributed by atoms with E-state index >= 15 is 0 Å². The Morgan fingerprint density at radius 2 is 2.20 bits per heavy atom. The highest BCUT2D eigenvalue weighted by atomic mass is 16.5. The van der Waals surface area contributed by atoms with Gasteiger partial charge in [-0.25, -0.2) is 4.79 Å². The minimum absolute atomic E-state index is 0.165. The number of esters is 1. The Labute approximate surface area is 116 Å². The molecule has 0 spiro atoms. The standard InChI is InChI=1S/C14H16N2O4/c1-4-12-15-13(20-16-12)8-19-11-7-10(14(17)18-3)6-5-9(11)2/h5-7H,4,8H2,1-3H3. The molecule has 1 heterocycles. The van der Waals surface area contributed by atoms with Gasteiger partial charge in [0.2, 0.25) is 0 Å². The minimum Gasteiger partial charge on any atom is -0.483 e. The van der Waals surface area contributed by atoms with E-state index in [9.17, 15) is 4.79 Å². The molecular formula is C14H16N2O4. The van der Waals surface area contributed by atoms with Crippen molar-refractivity contribution in [3.63, 3.8) is 0 Å². The van der Waals surface area contributed by atoms with Crippen molar-refractivity contribution in [3.05, 3.63) is 41.0 Å². The lowest BCUT2D eigenvalue weighted by atomic mass is 10.1. The summed E-state index contributed by atoms with van der Waals surface area (Å²) >= 11 is 0. The first-order chi connectivity index (χ1) is 9.63. The highest BCUT2D eigenvalue weighted by molar-refractivity contribution is 5.89. The molecule has 0 unspecified atom stereocenters. The topological polar surface area (TPSA) is 74.5 Å². The fraction of sp³-hybridized carbons (Fsp3) is 0.357. The van der Waals surface area contributed by atoms with E-state index in [0.717, 1.165) is 5.56 Å². The van der Waals surface area contributed by atoms with Crippen molar-refractivity contribution in [1.82, 2.24) is 10.1 Å². The first kappa shape index (κ1) is 14.0. The summed E-state index contributed by atoms with van der Waals surface area (Å²) in [5, 5.41) is 3.79. The summed E-state index contributed by atoms with van der Waals surface area (Å²) in [4.78, 5) is 15.6. The second-order valence-electron chi connectivity index (χ2n) is 4.22. The number of carbonyl (C=O) groups excluding carboxylic acids is 1. The van der Waals surface area contributed by atoms with Gasteiger partial charge in [-0.3, -0.25) is 0 Å². The molecule has 0 aliphatic rings. The monoisotopic (exact) mass is 276 g/mol. The highest BCUT2D eigenvalue weighted by Gasteiger charge is 2.11. The average molecular weight is 276 g/mol. The number of carbonyl (C=O) groups is 1. The molecule has 6 heteroatoms. The van der Waals surface area contributed by atoms with Gasteiger partial charge >= 0.3 is 5.97 Å². The van der Waals surface area contributed by atoms with Gasteiger partial charge in [0.1, 0.15) is 5.75 Å². The fourth-order valence-corrected chi connectivity index (χ4v) is 1.63. The van der Waals surface area contributed by atoms with Crippen molar-refractivity contribution in [1.29, 1.82) is 0 Å². The minimum atomic E-state index is -0.402. The Hall–Kier alpha value is -2.37. The lowest BCUT2D eigenvalue weighted by Crippen LogP contribution is -2.03. The Morgan fingerprint density at radius 1 is 1.40 bits per heavy atom. The molecule has 2 rings (SSSR count). The number of methoxy groups -OCH3 is 1. The molecule has 0 radical (unpaired) electrons. The van der Waals surface area contributed by atoms with Crippen LogP contribution in [0.4, 0.5) is 0 Å². The lowest BCUT2D eigenvalue weighted by molar-refractivity contribution is 0.0600. The zero-order chi connectivity index (χ0) is 14.5. The van der Waals surface area contributed by atoms with Crippen LogP contribution in [-0.4, -0.2) is 23.2 Å². The molecule has 2 aromatic rings. The number of hydrogen-bond donors (Lipinski definition) is 0. The lowest BCUT2D eigenvalue weighted by Gasteiger charge is -2.08. The average Bonchev–Trinajstić information content (AvgIpc) is 2.93. The first-order valence-electron chi connectivity index (χ1n) is 6.27. The zero-order valence-electron chi connectivity index (χ0n) is 11.7. The number of nitrogens with zero attached hydrogens (tertiary/aromatic N) is 2. The number of hydrogen-bond acceptors (Lipinski definition) is 6. The van der Waals surface area contributed by atoms with E-state index in [0.29, 0.717) is 29.4 Å². The van der Waals surface area contributed by atoms with E-state index in [1.165, 1.54) is 7.11 Å². The van der Waals surface area contributed by atoms with Crippen LogP contribution in [0.25, 0.3) is 0 Å². The molecule has 0 atom stereocenters. The van der Waals surface area contributed by atoms with Crippen molar-refractivity contribution in [2.75, 3.05) is 7.11 Å². The Balaban J connectivity index is 2.10. The molecule has 0 saturated heterocycles. The first-order valence-corrected chi connectivity index (χ1v) is 6.27. The van der Waals surface area contributed by atoms with Crippen LogP contribution in [0.3, 0.4) is 0 Å². The molecule has 1 aromatic heterocycles. The molecule has 0 aliphatic carbocycles. The summed E-state index contributed by atoms with van der Waals surface area (Å²) in [5.41, 5.74) is 1.35. The van der Waals surface area contributed by atoms with Gasteiger partial charge in [-0.1, -0.05) is 18.1 Å². The molecule has 0 saturated carbocycles. The van der Waals surface area contributed by atoms with Gasteiger partial charge in [-0.15, -0.1) is 0 Å². The zero-order valence-corrected chi connectivity index (χ0v) is 11.7. The van der Waals surface area contributed by atoms with Gasteiger partial charge in [0.05, 0.1) is 12.7 Å². The summed E-state index contributed by atoms with van der Waals surface area (Å²) < 4.78 is 15.3. The van der Waals surface area contributed by atoms with E-state index in [1.54, 1.807) is 18.2 Å². The number of rotatable bonds is 5. The van der Waals surface area contributed by atoms with E-state index < -0.39 is 5.97 Å².